The Morgan fingerprint density at radius 2 is 1.89 bits per heavy atom. The lowest BCUT2D eigenvalue weighted by atomic mass is 10.2. The Bertz CT molecular complexity index is 1020. The van der Waals surface area contributed by atoms with Crippen molar-refractivity contribution in [2.75, 3.05) is 5.32 Å². The van der Waals surface area contributed by atoms with Crippen LogP contribution in [0.2, 0.25) is 0 Å². The molecule has 0 aliphatic heterocycles. The van der Waals surface area contributed by atoms with Crippen molar-refractivity contribution in [1.29, 1.82) is 0 Å². The van der Waals surface area contributed by atoms with Crippen LogP contribution in [-0.2, 0) is 4.79 Å². The molecular weight excluding hydrogens is 426 g/mol. The van der Waals surface area contributed by atoms with Crippen molar-refractivity contribution in [3.63, 3.8) is 0 Å². The molecule has 0 saturated carbocycles. The van der Waals surface area contributed by atoms with Gasteiger partial charge in [0.05, 0.1) is 10.9 Å². The quantitative estimate of drug-likeness (QED) is 0.592. The zero-order valence-electron chi connectivity index (χ0n) is 14.8. The molecule has 0 fully saturated rings. The van der Waals surface area contributed by atoms with Crippen LogP contribution in [0.4, 0.5) is 5.69 Å². The Balaban J connectivity index is 1.75. The van der Waals surface area contributed by atoms with Gasteiger partial charge in [-0.05, 0) is 50.2 Å². The SMILES string of the molecule is Cc1ccc(-n2nc(S[C@H](C)C(=O)Nc3cccc(Br)c3)ccc2=O)cc1. The highest BCUT2D eigenvalue weighted by molar-refractivity contribution is 9.10. The molecule has 7 heteroatoms. The monoisotopic (exact) mass is 443 g/mol. The van der Waals surface area contributed by atoms with Gasteiger partial charge in [-0.1, -0.05) is 51.5 Å². The molecule has 0 spiro atoms. The third kappa shape index (κ3) is 5.08. The van der Waals surface area contributed by atoms with Crippen LogP contribution in [0.1, 0.15) is 12.5 Å². The summed E-state index contributed by atoms with van der Waals surface area (Å²) in [6.45, 7) is 3.79. The third-order valence-electron chi connectivity index (χ3n) is 3.81. The molecule has 1 aromatic heterocycles. The fraction of sp³-hybridized carbons (Fsp3) is 0.150. The largest absolute Gasteiger partial charge is 0.325 e. The van der Waals surface area contributed by atoms with E-state index in [0.717, 1.165) is 15.7 Å². The zero-order chi connectivity index (χ0) is 19.4. The molecule has 5 nitrogen and oxygen atoms in total. The van der Waals surface area contributed by atoms with E-state index in [0.29, 0.717) is 10.7 Å². The molecule has 3 aromatic rings. The van der Waals surface area contributed by atoms with Crippen LogP contribution in [0.5, 0.6) is 0 Å². The first-order chi connectivity index (χ1) is 12.9. The van der Waals surface area contributed by atoms with Crippen molar-refractivity contribution in [1.82, 2.24) is 9.78 Å². The van der Waals surface area contributed by atoms with Crippen LogP contribution in [0, 0.1) is 6.92 Å². The number of hydrogen-bond donors (Lipinski definition) is 1. The molecule has 1 heterocycles. The van der Waals surface area contributed by atoms with Gasteiger partial charge in [0.25, 0.3) is 5.56 Å². The standard InChI is InChI=1S/C20H18BrN3O2S/c1-13-6-8-17(9-7-13)24-19(25)11-10-18(23-24)27-14(2)20(26)22-16-5-3-4-15(21)12-16/h3-12,14H,1-2H3,(H,22,26)/t14-/m1/s1. The minimum absolute atomic E-state index is 0.131. The highest BCUT2D eigenvalue weighted by Gasteiger charge is 2.16. The van der Waals surface area contributed by atoms with E-state index in [1.807, 2.05) is 55.5 Å². The van der Waals surface area contributed by atoms with Gasteiger partial charge in [-0.3, -0.25) is 9.59 Å². The van der Waals surface area contributed by atoms with E-state index >= 15 is 0 Å². The molecule has 138 valence electrons. The number of anilines is 1. The lowest BCUT2D eigenvalue weighted by molar-refractivity contribution is -0.115. The molecular formula is C20H18BrN3O2S. The molecule has 0 bridgehead atoms. The van der Waals surface area contributed by atoms with Gasteiger partial charge >= 0.3 is 0 Å². The summed E-state index contributed by atoms with van der Waals surface area (Å²) in [5.41, 5.74) is 2.31. The molecule has 0 unspecified atom stereocenters. The minimum atomic E-state index is -0.375. The van der Waals surface area contributed by atoms with Gasteiger partial charge in [0, 0.05) is 16.2 Å². The lowest BCUT2D eigenvalue weighted by Crippen LogP contribution is -2.24. The number of benzene rings is 2. The van der Waals surface area contributed by atoms with Gasteiger partial charge in [-0.25, -0.2) is 0 Å². The van der Waals surface area contributed by atoms with Crippen molar-refractivity contribution in [2.45, 2.75) is 24.1 Å². The zero-order valence-corrected chi connectivity index (χ0v) is 17.3. The summed E-state index contributed by atoms with van der Waals surface area (Å²) in [7, 11) is 0. The molecule has 0 aliphatic carbocycles. The molecule has 3 rings (SSSR count). The Labute approximate surface area is 169 Å². The van der Waals surface area contributed by atoms with E-state index in [1.165, 1.54) is 22.5 Å². The van der Waals surface area contributed by atoms with Gasteiger partial charge in [0.1, 0.15) is 5.03 Å². The fourth-order valence-electron chi connectivity index (χ4n) is 2.37. The number of carbonyl (C=O) groups is 1. The highest BCUT2D eigenvalue weighted by atomic mass is 79.9. The van der Waals surface area contributed by atoms with Crippen LogP contribution >= 0.6 is 27.7 Å². The molecule has 0 saturated heterocycles. The number of nitrogens with zero attached hydrogens (tertiary/aromatic N) is 2. The van der Waals surface area contributed by atoms with Gasteiger partial charge in [-0.15, -0.1) is 0 Å². The second-order valence-corrected chi connectivity index (χ2v) is 8.29. The number of thioether (sulfide) groups is 1. The van der Waals surface area contributed by atoms with Crippen molar-refractivity contribution in [3.8, 4) is 5.69 Å². The number of amides is 1. The number of aryl methyl sites for hydroxylation is 1. The lowest BCUT2D eigenvalue weighted by Gasteiger charge is -2.13. The van der Waals surface area contributed by atoms with E-state index in [2.05, 4.69) is 26.3 Å². The maximum Gasteiger partial charge on any atom is 0.271 e. The number of rotatable bonds is 5. The molecule has 2 aromatic carbocycles. The number of carbonyl (C=O) groups excluding carboxylic acids is 1. The third-order valence-corrected chi connectivity index (χ3v) is 5.33. The maximum atomic E-state index is 12.4. The second-order valence-electron chi connectivity index (χ2n) is 6.02. The first-order valence-corrected chi connectivity index (χ1v) is 10.00. The summed E-state index contributed by atoms with van der Waals surface area (Å²) in [6, 6.07) is 18.1. The Morgan fingerprint density at radius 1 is 1.15 bits per heavy atom. The first-order valence-electron chi connectivity index (χ1n) is 8.33. The van der Waals surface area contributed by atoms with Crippen molar-refractivity contribution in [3.05, 3.63) is 81.1 Å². The van der Waals surface area contributed by atoms with E-state index in [9.17, 15) is 9.59 Å². The normalized spacial score (nSPS) is 11.8. The van der Waals surface area contributed by atoms with Gasteiger partial charge in [0.2, 0.25) is 5.91 Å². The molecule has 1 N–H and O–H groups in total. The molecule has 1 atom stereocenters. The van der Waals surface area contributed by atoms with Gasteiger partial charge in [0.15, 0.2) is 0 Å². The van der Waals surface area contributed by atoms with Crippen LogP contribution < -0.4 is 10.9 Å². The van der Waals surface area contributed by atoms with E-state index in [4.69, 9.17) is 0 Å². The van der Waals surface area contributed by atoms with Crippen LogP contribution in [0.3, 0.4) is 0 Å². The molecule has 0 aliphatic rings. The summed E-state index contributed by atoms with van der Waals surface area (Å²) >= 11 is 4.69. The summed E-state index contributed by atoms with van der Waals surface area (Å²) in [4.78, 5) is 24.6. The van der Waals surface area contributed by atoms with Crippen molar-refractivity contribution >= 4 is 39.3 Å². The second kappa shape index (κ2) is 8.54. The van der Waals surface area contributed by atoms with Crippen molar-refractivity contribution in [2.24, 2.45) is 0 Å². The molecule has 1 amide bonds. The van der Waals surface area contributed by atoms with Crippen LogP contribution in [0.25, 0.3) is 5.69 Å². The topological polar surface area (TPSA) is 64.0 Å². The average molecular weight is 444 g/mol. The number of hydrogen-bond acceptors (Lipinski definition) is 4. The Morgan fingerprint density at radius 3 is 2.59 bits per heavy atom. The summed E-state index contributed by atoms with van der Waals surface area (Å²) in [6.07, 6.45) is 0. The Hall–Kier alpha value is -2.38. The van der Waals surface area contributed by atoms with Gasteiger partial charge < -0.3 is 5.32 Å². The Kier molecular flexibility index (Phi) is 6.13. The summed E-state index contributed by atoms with van der Waals surface area (Å²) in [5, 5.41) is 7.51. The predicted molar refractivity (Wildman–Crippen MR) is 113 cm³/mol. The predicted octanol–water partition coefficient (Wildman–Crippen LogP) is 4.42. The van der Waals surface area contributed by atoms with E-state index < -0.39 is 0 Å². The van der Waals surface area contributed by atoms with Crippen LogP contribution in [0.15, 0.2) is 75.0 Å². The first kappa shape index (κ1) is 19.4. The van der Waals surface area contributed by atoms with Crippen molar-refractivity contribution < 1.29 is 4.79 Å². The summed E-state index contributed by atoms with van der Waals surface area (Å²) in [5.74, 6) is -0.131. The number of aromatic nitrogens is 2. The fourth-order valence-corrected chi connectivity index (χ4v) is 3.58. The minimum Gasteiger partial charge on any atom is -0.325 e. The number of nitrogens with one attached hydrogen (secondary N) is 1. The van der Waals surface area contributed by atoms with Gasteiger partial charge in [-0.2, -0.15) is 9.78 Å². The molecule has 27 heavy (non-hydrogen) atoms. The van der Waals surface area contributed by atoms with Crippen LogP contribution in [-0.4, -0.2) is 20.9 Å². The van der Waals surface area contributed by atoms with E-state index in [1.54, 1.807) is 13.0 Å². The smallest absolute Gasteiger partial charge is 0.271 e. The van der Waals surface area contributed by atoms with E-state index in [-0.39, 0.29) is 16.7 Å². The number of halogens is 1. The summed E-state index contributed by atoms with van der Waals surface area (Å²) < 4.78 is 2.24. The highest BCUT2D eigenvalue weighted by Crippen LogP contribution is 2.23. The molecule has 0 radical (unpaired) electrons. The average Bonchev–Trinajstić information content (AvgIpc) is 2.64. The maximum absolute atomic E-state index is 12.4.